The molecule has 1 rings (SSSR count). The van der Waals surface area contributed by atoms with E-state index in [0.717, 1.165) is 12.8 Å². The number of carboxylic acids is 1. The van der Waals surface area contributed by atoms with Crippen LogP contribution in [0.2, 0.25) is 0 Å². The minimum absolute atomic E-state index is 0.464. The molecule has 0 saturated heterocycles. The van der Waals surface area contributed by atoms with Gasteiger partial charge in [-0.15, -0.1) is 0 Å². The Kier molecular flexibility index (Phi) is 1.31. The van der Waals surface area contributed by atoms with Crippen molar-refractivity contribution in [2.45, 2.75) is 19.8 Å². The quantitative estimate of drug-likeness (QED) is 0.568. The summed E-state index contributed by atoms with van der Waals surface area (Å²) in [4.78, 5) is 10.4. The van der Waals surface area contributed by atoms with Crippen molar-refractivity contribution in [1.29, 1.82) is 0 Å². The van der Waals surface area contributed by atoms with Crippen LogP contribution in [0.15, 0.2) is 12.2 Å². The smallest absolute Gasteiger partial charge is 0.313 e. The lowest BCUT2D eigenvalue weighted by Crippen LogP contribution is -2.10. The molecule has 2 heteroatoms. The average molecular weight is 126 g/mol. The predicted molar refractivity (Wildman–Crippen MR) is 34.1 cm³/mol. The third-order valence-electron chi connectivity index (χ3n) is 1.70. The van der Waals surface area contributed by atoms with E-state index >= 15 is 0 Å². The van der Waals surface area contributed by atoms with E-state index in [1.165, 1.54) is 0 Å². The lowest BCUT2D eigenvalue weighted by Gasteiger charge is -1.98. The van der Waals surface area contributed by atoms with Crippen LogP contribution in [0.25, 0.3) is 0 Å². The molecule has 1 aliphatic carbocycles. The van der Waals surface area contributed by atoms with Gasteiger partial charge in [-0.3, -0.25) is 4.79 Å². The molecule has 0 unspecified atom stereocenters. The summed E-state index contributed by atoms with van der Waals surface area (Å²) in [6, 6.07) is 0. The minimum Gasteiger partial charge on any atom is -0.481 e. The van der Waals surface area contributed by atoms with Crippen LogP contribution >= 0.6 is 0 Å². The Labute approximate surface area is 54.2 Å². The highest BCUT2D eigenvalue weighted by atomic mass is 16.4. The van der Waals surface area contributed by atoms with Gasteiger partial charge in [-0.1, -0.05) is 12.2 Å². The molecule has 0 atom stereocenters. The molecule has 1 fully saturated rings. The SMILES string of the molecule is CC=CC1(C(=O)O)CC1. The molecule has 0 amide bonds. The number of allylic oxidation sites excluding steroid dienone is 1. The molecule has 0 bridgehead atoms. The Morgan fingerprint density at radius 3 is 2.33 bits per heavy atom. The molecule has 2 nitrogen and oxygen atoms in total. The molecule has 1 saturated carbocycles. The van der Waals surface area contributed by atoms with Gasteiger partial charge in [0, 0.05) is 0 Å². The molecule has 0 aliphatic heterocycles. The van der Waals surface area contributed by atoms with Crippen molar-refractivity contribution in [2.75, 3.05) is 0 Å². The molecule has 0 aromatic heterocycles. The molecule has 0 aromatic carbocycles. The molecule has 1 aliphatic rings. The highest BCUT2D eigenvalue weighted by Gasteiger charge is 2.47. The molecule has 50 valence electrons. The lowest BCUT2D eigenvalue weighted by atomic mass is 10.1. The summed E-state index contributed by atoms with van der Waals surface area (Å²) in [6.07, 6.45) is 5.20. The molecule has 0 radical (unpaired) electrons. The fourth-order valence-corrected chi connectivity index (χ4v) is 0.906. The van der Waals surface area contributed by atoms with Crippen molar-refractivity contribution in [3.8, 4) is 0 Å². The van der Waals surface area contributed by atoms with Crippen molar-refractivity contribution < 1.29 is 9.90 Å². The van der Waals surface area contributed by atoms with Crippen molar-refractivity contribution in [3.05, 3.63) is 12.2 Å². The van der Waals surface area contributed by atoms with E-state index in [0.29, 0.717) is 0 Å². The van der Waals surface area contributed by atoms with Gasteiger partial charge in [-0.25, -0.2) is 0 Å². The number of rotatable bonds is 2. The summed E-state index contributed by atoms with van der Waals surface area (Å²) in [5.74, 6) is -0.680. The van der Waals surface area contributed by atoms with Gasteiger partial charge in [0.15, 0.2) is 0 Å². The molecule has 0 heterocycles. The first kappa shape index (κ1) is 6.33. The van der Waals surface area contributed by atoms with Crippen molar-refractivity contribution in [1.82, 2.24) is 0 Å². The largest absolute Gasteiger partial charge is 0.481 e. The van der Waals surface area contributed by atoms with Crippen LogP contribution < -0.4 is 0 Å². The van der Waals surface area contributed by atoms with E-state index in [-0.39, 0.29) is 0 Å². The highest BCUT2D eigenvalue weighted by molar-refractivity contribution is 5.80. The molecular weight excluding hydrogens is 116 g/mol. The van der Waals surface area contributed by atoms with E-state index in [4.69, 9.17) is 5.11 Å². The van der Waals surface area contributed by atoms with Crippen LogP contribution in [-0.2, 0) is 4.79 Å². The van der Waals surface area contributed by atoms with Crippen molar-refractivity contribution >= 4 is 5.97 Å². The highest BCUT2D eigenvalue weighted by Crippen LogP contribution is 2.47. The van der Waals surface area contributed by atoms with E-state index in [1.54, 1.807) is 12.2 Å². The standard InChI is InChI=1S/C7H10O2/c1-2-3-7(4-5-7)6(8)9/h2-3H,4-5H2,1H3,(H,8,9). The van der Waals surface area contributed by atoms with Gasteiger partial charge < -0.3 is 5.11 Å². The van der Waals surface area contributed by atoms with Gasteiger partial charge in [0.25, 0.3) is 0 Å². The molecule has 0 spiro atoms. The number of carbonyl (C=O) groups is 1. The van der Waals surface area contributed by atoms with Gasteiger partial charge in [0.2, 0.25) is 0 Å². The second kappa shape index (κ2) is 1.87. The zero-order valence-electron chi connectivity index (χ0n) is 5.42. The monoisotopic (exact) mass is 126 g/mol. The summed E-state index contributed by atoms with van der Waals surface area (Å²) in [6.45, 7) is 1.85. The first-order valence-corrected chi connectivity index (χ1v) is 3.08. The summed E-state index contributed by atoms with van der Waals surface area (Å²) in [5.41, 5.74) is -0.464. The third-order valence-corrected chi connectivity index (χ3v) is 1.70. The molecule has 0 aromatic rings. The van der Waals surface area contributed by atoms with E-state index in [1.807, 2.05) is 6.92 Å². The maximum absolute atomic E-state index is 10.4. The second-order valence-corrected chi connectivity index (χ2v) is 2.46. The van der Waals surface area contributed by atoms with Crippen LogP contribution in [0.4, 0.5) is 0 Å². The predicted octanol–water partition coefficient (Wildman–Crippen LogP) is 1.43. The first-order valence-electron chi connectivity index (χ1n) is 3.08. The maximum Gasteiger partial charge on any atom is 0.313 e. The van der Waals surface area contributed by atoms with Crippen LogP contribution in [0.1, 0.15) is 19.8 Å². The normalized spacial score (nSPS) is 22.3. The fourth-order valence-electron chi connectivity index (χ4n) is 0.906. The van der Waals surface area contributed by atoms with E-state index in [9.17, 15) is 4.79 Å². The van der Waals surface area contributed by atoms with Crippen LogP contribution in [0.5, 0.6) is 0 Å². The second-order valence-electron chi connectivity index (χ2n) is 2.46. The summed E-state index contributed by atoms with van der Waals surface area (Å²) in [7, 11) is 0. The topological polar surface area (TPSA) is 37.3 Å². The lowest BCUT2D eigenvalue weighted by molar-refractivity contribution is -0.141. The number of aliphatic carboxylic acids is 1. The van der Waals surface area contributed by atoms with Gasteiger partial charge >= 0.3 is 5.97 Å². The number of hydrogen-bond donors (Lipinski definition) is 1. The Balaban J connectivity index is 2.63. The zero-order valence-corrected chi connectivity index (χ0v) is 5.42. The van der Waals surface area contributed by atoms with Gasteiger partial charge in [0.05, 0.1) is 5.41 Å². The zero-order chi connectivity index (χ0) is 6.91. The van der Waals surface area contributed by atoms with Crippen molar-refractivity contribution in [2.24, 2.45) is 5.41 Å². The van der Waals surface area contributed by atoms with Gasteiger partial charge in [-0.05, 0) is 19.8 Å². The maximum atomic E-state index is 10.4. The Bertz CT molecular complexity index is 154. The molecule has 9 heavy (non-hydrogen) atoms. The van der Waals surface area contributed by atoms with E-state index in [2.05, 4.69) is 0 Å². The summed E-state index contributed by atoms with van der Waals surface area (Å²) >= 11 is 0. The van der Waals surface area contributed by atoms with Crippen LogP contribution in [-0.4, -0.2) is 11.1 Å². The third kappa shape index (κ3) is 0.969. The first-order chi connectivity index (χ1) is 4.21. The average Bonchev–Trinajstić information content (AvgIpc) is 2.49. The van der Waals surface area contributed by atoms with Crippen LogP contribution in [0.3, 0.4) is 0 Å². The van der Waals surface area contributed by atoms with Gasteiger partial charge in [0.1, 0.15) is 0 Å². The minimum atomic E-state index is -0.680. The van der Waals surface area contributed by atoms with Crippen LogP contribution in [0, 0.1) is 5.41 Å². The number of hydrogen-bond acceptors (Lipinski definition) is 1. The van der Waals surface area contributed by atoms with Crippen molar-refractivity contribution in [3.63, 3.8) is 0 Å². The number of carboxylic acid groups (broad SMARTS) is 1. The van der Waals surface area contributed by atoms with E-state index < -0.39 is 11.4 Å². The fraction of sp³-hybridized carbons (Fsp3) is 0.571. The Hall–Kier alpha value is -0.790. The summed E-state index contributed by atoms with van der Waals surface area (Å²) < 4.78 is 0. The Morgan fingerprint density at radius 1 is 1.67 bits per heavy atom. The van der Waals surface area contributed by atoms with Gasteiger partial charge in [-0.2, -0.15) is 0 Å². The molecular formula is C7H10O2. The summed E-state index contributed by atoms with van der Waals surface area (Å²) in [5, 5.41) is 8.58. The molecule has 1 N–H and O–H groups in total. The Morgan fingerprint density at radius 2 is 2.22 bits per heavy atom.